The molecule has 2 aromatic rings. The largest absolute Gasteiger partial charge is 0.573 e. The molecule has 1 heterocycles. The SMILES string of the molecule is Cc1c(-c2ccccc2OC(F)(F)F)nn(C)c1O. The number of rotatable bonds is 2. The summed E-state index contributed by atoms with van der Waals surface area (Å²) in [5.74, 6) is -0.451. The van der Waals surface area contributed by atoms with Crippen molar-refractivity contribution in [2.75, 3.05) is 0 Å². The fourth-order valence-corrected chi connectivity index (χ4v) is 1.75. The standard InChI is InChI=1S/C12H11F3N2O2/c1-7-10(16-17(2)11(7)18)8-5-3-4-6-9(8)19-12(13,14)15/h3-6,18H,1-2H3. The summed E-state index contributed by atoms with van der Waals surface area (Å²) in [6, 6.07) is 5.66. The zero-order valence-corrected chi connectivity index (χ0v) is 10.2. The highest BCUT2D eigenvalue weighted by Crippen LogP contribution is 2.36. The molecule has 0 bridgehead atoms. The summed E-state index contributed by atoms with van der Waals surface area (Å²) in [6.07, 6.45) is -4.78. The Balaban J connectivity index is 2.53. The maximum Gasteiger partial charge on any atom is 0.573 e. The predicted molar refractivity (Wildman–Crippen MR) is 61.7 cm³/mol. The van der Waals surface area contributed by atoms with E-state index < -0.39 is 6.36 Å². The molecule has 7 heteroatoms. The lowest BCUT2D eigenvalue weighted by atomic mass is 10.1. The molecule has 1 aromatic heterocycles. The number of para-hydroxylation sites is 1. The zero-order chi connectivity index (χ0) is 14.2. The van der Waals surface area contributed by atoms with Crippen LogP contribution in [0.1, 0.15) is 5.56 Å². The number of aryl methyl sites for hydroxylation is 1. The fourth-order valence-electron chi connectivity index (χ4n) is 1.75. The van der Waals surface area contributed by atoms with Crippen LogP contribution >= 0.6 is 0 Å². The van der Waals surface area contributed by atoms with E-state index in [-0.39, 0.29) is 22.9 Å². The molecule has 0 fully saturated rings. The Morgan fingerprint density at radius 1 is 1.26 bits per heavy atom. The van der Waals surface area contributed by atoms with Gasteiger partial charge in [-0.25, -0.2) is 4.68 Å². The van der Waals surface area contributed by atoms with Crippen molar-refractivity contribution in [3.8, 4) is 22.9 Å². The molecule has 2 rings (SSSR count). The van der Waals surface area contributed by atoms with E-state index in [9.17, 15) is 18.3 Å². The van der Waals surface area contributed by atoms with E-state index in [1.165, 1.54) is 29.9 Å². The third-order valence-corrected chi connectivity index (χ3v) is 2.62. The monoisotopic (exact) mass is 272 g/mol. The third kappa shape index (κ3) is 2.64. The van der Waals surface area contributed by atoms with Crippen molar-refractivity contribution >= 4 is 0 Å². The van der Waals surface area contributed by atoms with E-state index >= 15 is 0 Å². The van der Waals surface area contributed by atoms with Crippen LogP contribution in [0.4, 0.5) is 13.2 Å². The number of nitrogens with zero attached hydrogens (tertiary/aromatic N) is 2. The van der Waals surface area contributed by atoms with E-state index in [0.717, 1.165) is 0 Å². The summed E-state index contributed by atoms with van der Waals surface area (Å²) < 4.78 is 42.1. The first-order valence-electron chi connectivity index (χ1n) is 5.37. The average Bonchev–Trinajstić information content (AvgIpc) is 2.56. The molecule has 19 heavy (non-hydrogen) atoms. The molecule has 0 aliphatic heterocycles. The topological polar surface area (TPSA) is 47.3 Å². The van der Waals surface area contributed by atoms with Crippen LogP contribution in [-0.2, 0) is 7.05 Å². The molecule has 0 saturated carbocycles. The van der Waals surface area contributed by atoms with Gasteiger partial charge in [0.15, 0.2) is 0 Å². The van der Waals surface area contributed by atoms with Crippen molar-refractivity contribution in [3.05, 3.63) is 29.8 Å². The van der Waals surface area contributed by atoms with Crippen LogP contribution < -0.4 is 4.74 Å². The highest BCUT2D eigenvalue weighted by molar-refractivity contribution is 5.71. The van der Waals surface area contributed by atoms with Crippen LogP contribution in [0.2, 0.25) is 0 Å². The summed E-state index contributed by atoms with van der Waals surface area (Å²) in [4.78, 5) is 0. The van der Waals surface area contributed by atoms with Gasteiger partial charge in [-0.15, -0.1) is 13.2 Å². The summed E-state index contributed by atoms with van der Waals surface area (Å²) >= 11 is 0. The average molecular weight is 272 g/mol. The normalized spacial score (nSPS) is 11.6. The van der Waals surface area contributed by atoms with Gasteiger partial charge in [-0.3, -0.25) is 0 Å². The number of alkyl halides is 3. The zero-order valence-electron chi connectivity index (χ0n) is 10.2. The minimum absolute atomic E-state index is 0.100. The van der Waals surface area contributed by atoms with Crippen LogP contribution in [0.15, 0.2) is 24.3 Å². The van der Waals surface area contributed by atoms with E-state index in [1.807, 2.05) is 0 Å². The predicted octanol–water partition coefficient (Wildman–Crippen LogP) is 3.00. The smallest absolute Gasteiger partial charge is 0.493 e. The lowest BCUT2D eigenvalue weighted by molar-refractivity contribution is -0.274. The minimum Gasteiger partial charge on any atom is -0.493 e. The Kier molecular flexibility index (Phi) is 3.13. The fraction of sp³-hybridized carbons (Fsp3) is 0.250. The molecule has 102 valence electrons. The number of halogens is 3. The van der Waals surface area contributed by atoms with Gasteiger partial charge in [0, 0.05) is 18.2 Å². The van der Waals surface area contributed by atoms with Crippen molar-refractivity contribution < 1.29 is 23.0 Å². The quantitative estimate of drug-likeness (QED) is 0.914. The van der Waals surface area contributed by atoms with Crippen molar-refractivity contribution in [1.29, 1.82) is 0 Å². The number of ether oxygens (including phenoxy) is 1. The summed E-state index contributed by atoms with van der Waals surface area (Å²) in [5, 5.41) is 13.6. The highest BCUT2D eigenvalue weighted by atomic mass is 19.4. The molecule has 1 N–H and O–H groups in total. The molecule has 4 nitrogen and oxygen atoms in total. The van der Waals surface area contributed by atoms with Crippen LogP contribution in [0.25, 0.3) is 11.3 Å². The van der Waals surface area contributed by atoms with Crippen molar-refractivity contribution in [1.82, 2.24) is 9.78 Å². The third-order valence-electron chi connectivity index (χ3n) is 2.62. The Hall–Kier alpha value is -2.18. The molecule has 0 saturated heterocycles. The lowest BCUT2D eigenvalue weighted by Crippen LogP contribution is -2.17. The summed E-state index contributed by atoms with van der Waals surface area (Å²) in [5.41, 5.74) is 0.814. The van der Waals surface area contributed by atoms with Crippen LogP contribution in [-0.4, -0.2) is 21.2 Å². The molecule has 0 radical (unpaired) electrons. The Morgan fingerprint density at radius 2 is 1.89 bits per heavy atom. The Bertz CT molecular complexity index is 606. The highest BCUT2D eigenvalue weighted by Gasteiger charge is 2.32. The number of aromatic hydroxyl groups is 1. The number of hydrogen-bond acceptors (Lipinski definition) is 3. The van der Waals surface area contributed by atoms with Gasteiger partial charge in [0.05, 0.1) is 0 Å². The van der Waals surface area contributed by atoms with Crippen molar-refractivity contribution in [2.24, 2.45) is 7.05 Å². The number of aromatic nitrogens is 2. The van der Waals surface area contributed by atoms with E-state index in [4.69, 9.17) is 0 Å². The van der Waals surface area contributed by atoms with Gasteiger partial charge in [-0.2, -0.15) is 5.10 Å². The Morgan fingerprint density at radius 3 is 2.42 bits per heavy atom. The molecular formula is C12H11F3N2O2. The molecule has 1 aromatic carbocycles. The van der Waals surface area contributed by atoms with Crippen LogP contribution in [0.5, 0.6) is 11.6 Å². The van der Waals surface area contributed by atoms with Crippen molar-refractivity contribution in [2.45, 2.75) is 13.3 Å². The maximum absolute atomic E-state index is 12.3. The minimum atomic E-state index is -4.78. The molecule has 0 aliphatic rings. The second kappa shape index (κ2) is 4.49. The molecule has 0 amide bonds. The maximum atomic E-state index is 12.3. The first-order valence-corrected chi connectivity index (χ1v) is 5.37. The Labute approximate surface area is 107 Å². The van der Waals surface area contributed by atoms with E-state index in [1.54, 1.807) is 13.0 Å². The first kappa shape index (κ1) is 13.3. The van der Waals surface area contributed by atoms with Crippen LogP contribution in [0, 0.1) is 6.92 Å². The second-order valence-electron chi connectivity index (χ2n) is 3.96. The molecule has 0 spiro atoms. The van der Waals surface area contributed by atoms with Gasteiger partial charge < -0.3 is 9.84 Å². The van der Waals surface area contributed by atoms with Crippen LogP contribution in [0.3, 0.4) is 0 Å². The molecule has 0 unspecified atom stereocenters. The number of hydrogen-bond donors (Lipinski definition) is 1. The van der Waals surface area contributed by atoms with Gasteiger partial charge in [0.25, 0.3) is 0 Å². The van der Waals surface area contributed by atoms with Gasteiger partial charge in [0.1, 0.15) is 11.4 Å². The molecular weight excluding hydrogens is 261 g/mol. The summed E-state index contributed by atoms with van der Waals surface area (Å²) in [7, 11) is 1.50. The first-order chi connectivity index (χ1) is 8.79. The summed E-state index contributed by atoms with van der Waals surface area (Å²) in [6.45, 7) is 1.57. The van der Waals surface area contributed by atoms with Crippen molar-refractivity contribution in [3.63, 3.8) is 0 Å². The molecule has 0 atom stereocenters. The number of benzene rings is 1. The lowest BCUT2D eigenvalue weighted by Gasteiger charge is -2.12. The van der Waals surface area contributed by atoms with Gasteiger partial charge >= 0.3 is 6.36 Å². The van der Waals surface area contributed by atoms with E-state index in [2.05, 4.69) is 9.84 Å². The van der Waals surface area contributed by atoms with E-state index in [0.29, 0.717) is 5.56 Å². The molecule has 0 aliphatic carbocycles. The second-order valence-corrected chi connectivity index (χ2v) is 3.96. The van der Waals surface area contributed by atoms with Gasteiger partial charge in [-0.1, -0.05) is 12.1 Å². The van der Waals surface area contributed by atoms with Gasteiger partial charge in [-0.05, 0) is 19.1 Å². The van der Waals surface area contributed by atoms with Gasteiger partial charge in [0.2, 0.25) is 5.88 Å².